The van der Waals surface area contributed by atoms with Crippen LogP contribution in [0.25, 0.3) is 21.5 Å². The van der Waals surface area contributed by atoms with Crippen molar-refractivity contribution in [3.63, 3.8) is 0 Å². The Kier molecular flexibility index (Phi) is 5.74. The first-order valence-electron chi connectivity index (χ1n) is 16.6. The summed E-state index contributed by atoms with van der Waals surface area (Å²) in [4.78, 5) is 9.16. The smallest absolute Gasteiger partial charge is 0.108 e. The average Bonchev–Trinajstić information content (AvgIpc) is 3.03. The Morgan fingerprint density at radius 1 is 0.568 bits per heavy atom. The molecule has 2 spiro atoms. The lowest BCUT2D eigenvalue weighted by atomic mass is 9.62. The molecule has 5 aliphatic rings. The molecule has 2 aromatic heterocycles. The van der Waals surface area contributed by atoms with Gasteiger partial charge in [0.25, 0.3) is 0 Å². The number of nitrogens with zero attached hydrogens (tertiary/aromatic N) is 2. The number of benzene rings is 2. The molecule has 3 fully saturated rings. The van der Waals surface area contributed by atoms with Gasteiger partial charge in [-0.2, -0.15) is 0 Å². The first-order valence-corrected chi connectivity index (χ1v) is 16.6. The van der Waals surface area contributed by atoms with Gasteiger partial charge in [0.2, 0.25) is 0 Å². The molecule has 3 saturated carbocycles. The maximum absolute atomic E-state index is 14.1. The van der Waals surface area contributed by atoms with Crippen LogP contribution in [0, 0.1) is 11.8 Å². The summed E-state index contributed by atoms with van der Waals surface area (Å²) in [5.74, 6) is 0.222. The van der Waals surface area contributed by atoms with Gasteiger partial charge in [-0.05, 0) is 98.3 Å². The summed E-state index contributed by atoms with van der Waals surface area (Å²) in [5.41, 5.74) is 5.43. The Hall–Kier alpha value is -3.62. The predicted octanol–water partition coefficient (Wildman–Crippen LogP) is 5.61. The van der Waals surface area contributed by atoms with Crippen LogP contribution in [0.4, 0.5) is 22.7 Å². The van der Waals surface area contributed by atoms with E-state index < -0.39 is 24.0 Å². The van der Waals surface area contributed by atoms with Crippen molar-refractivity contribution in [3.05, 3.63) is 60.2 Å². The molecule has 0 atom stereocenters. The molecule has 0 radical (unpaired) electrons. The van der Waals surface area contributed by atoms with Crippen molar-refractivity contribution in [3.8, 4) is 0 Å². The molecule has 0 bridgehead atoms. The third-order valence-corrected chi connectivity index (χ3v) is 11.8. The topological polar surface area (TPSA) is 120 Å². The molecule has 4 aromatic rings. The molecule has 4 heterocycles. The number of pyridine rings is 2. The van der Waals surface area contributed by atoms with Gasteiger partial charge in [-0.15, -0.1) is 12.2 Å². The van der Waals surface area contributed by atoms with Crippen molar-refractivity contribution in [2.24, 2.45) is 11.8 Å². The van der Waals surface area contributed by atoms with Crippen LogP contribution >= 0.6 is 0 Å². The van der Waals surface area contributed by atoms with Gasteiger partial charge in [-0.3, -0.25) is 9.97 Å². The lowest BCUT2D eigenvalue weighted by molar-refractivity contribution is -0.535. The van der Waals surface area contributed by atoms with E-state index >= 15 is 0 Å². The van der Waals surface area contributed by atoms with Crippen molar-refractivity contribution in [2.45, 2.75) is 101 Å². The van der Waals surface area contributed by atoms with Crippen LogP contribution in [0.1, 0.15) is 88.2 Å². The number of nitrogens with one attached hydrogen (secondary N) is 4. The van der Waals surface area contributed by atoms with Gasteiger partial charge in [0.05, 0.1) is 23.8 Å². The largest absolute Gasteiger partial charge is 0.851 e. The average molecular weight is 589 g/mol. The zero-order chi connectivity index (χ0) is 29.8. The molecule has 3 aliphatic carbocycles. The van der Waals surface area contributed by atoms with E-state index in [4.69, 9.17) is 0 Å². The van der Waals surface area contributed by atoms with Gasteiger partial charge >= 0.3 is 0 Å². The van der Waals surface area contributed by atoms with Crippen molar-refractivity contribution < 1.29 is 10.2 Å². The normalized spacial score (nSPS) is 35.5. The van der Waals surface area contributed by atoms with Crippen LogP contribution in [-0.2, 0) is 0 Å². The highest BCUT2D eigenvalue weighted by Gasteiger charge is 2.43. The highest BCUT2D eigenvalue weighted by Crippen LogP contribution is 2.53. The lowest BCUT2D eigenvalue weighted by Gasteiger charge is -2.62. The van der Waals surface area contributed by atoms with E-state index in [-0.39, 0.29) is 11.3 Å². The van der Waals surface area contributed by atoms with Crippen LogP contribution in [0.15, 0.2) is 49.1 Å². The number of hydrogen-bond donors (Lipinski definition) is 4. The lowest BCUT2D eigenvalue weighted by Crippen LogP contribution is -2.63. The minimum absolute atomic E-state index is 0.165. The molecule has 0 unspecified atom stereocenters. The van der Waals surface area contributed by atoms with Gasteiger partial charge in [0.15, 0.2) is 0 Å². The molecule has 0 amide bonds. The minimum atomic E-state index is -1.04. The fraction of sp³-hybridized carbons (Fsp3) is 0.500. The van der Waals surface area contributed by atoms with E-state index in [2.05, 4.69) is 57.2 Å². The second kappa shape index (κ2) is 9.44. The fourth-order valence-corrected chi connectivity index (χ4v) is 9.10. The SMILES string of the molecule is CC1CCC2(CC1)Nc1ccc(C3C([O-])C(c4ccc5c6c(cncc46)NC4(CCC(C)CC4)N5)C3[O-])c3cncc(c13)N2. The minimum Gasteiger partial charge on any atom is -0.851 e. The molecule has 2 aromatic carbocycles. The summed E-state index contributed by atoms with van der Waals surface area (Å²) >= 11 is 0. The molecule has 0 saturated heterocycles. The van der Waals surface area contributed by atoms with E-state index in [1.54, 1.807) is 0 Å². The molecular weight excluding hydrogens is 548 g/mol. The summed E-state index contributed by atoms with van der Waals surface area (Å²) in [7, 11) is 0. The molecular formula is C36H40N6O2-2. The van der Waals surface area contributed by atoms with Gasteiger partial charge in [-0.25, -0.2) is 0 Å². The molecule has 228 valence electrons. The van der Waals surface area contributed by atoms with E-state index in [9.17, 15) is 10.2 Å². The third-order valence-electron chi connectivity index (χ3n) is 11.8. The zero-order valence-corrected chi connectivity index (χ0v) is 25.5. The number of aromatic nitrogens is 2. The van der Waals surface area contributed by atoms with Crippen molar-refractivity contribution >= 4 is 44.3 Å². The van der Waals surface area contributed by atoms with E-state index in [1.165, 1.54) is 25.7 Å². The Morgan fingerprint density at radius 2 is 0.955 bits per heavy atom. The Bertz CT molecular complexity index is 1620. The summed E-state index contributed by atoms with van der Waals surface area (Å²) in [6, 6.07) is 8.18. The van der Waals surface area contributed by atoms with Crippen molar-refractivity contribution in [1.82, 2.24) is 9.97 Å². The Morgan fingerprint density at radius 3 is 1.36 bits per heavy atom. The monoisotopic (exact) mass is 588 g/mol. The molecule has 44 heavy (non-hydrogen) atoms. The first-order chi connectivity index (χ1) is 21.3. The van der Waals surface area contributed by atoms with Crippen molar-refractivity contribution in [1.29, 1.82) is 0 Å². The highest BCUT2D eigenvalue weighted by molar-refractivity contribution is 6.07. The second-order valence-corrected chi connectivity index (χ2v) is 14.6. The second-order valence-electron chi connectivity index (χ2n) is 14.6. The number of anilines is 4. The van der Waals surface area contributed by atoms with Crippen LogP contribution in [-0.4, -0.2) is 33.5 Å². The molecule has 4 N–H and O–H groups in total. The standard InChI is InChI=1S/C36H40N6O2/c1-19-7-11-35(12-8-19)39-25-5-3-21(23-15-37-17-27(41-35)29(23)25)31-33(43)32(34(31)44)22-4-6-26-30-24(22)16-38-18-28(30)42-36(40-26)13-9-20(2)10-14-36/h3-6,15-20,31-34,39-42H,7-14H2,1-2H3/q-2. The molecule has 2 aliphatic heterocycles. The van der Waals surface area contributed by atoms with Crippen LogP contribution in [0.5, 0.6) is 0 Å². The van der Waals surface area contributed by atoms with Gasteiger partial charge in [-0.1, -0.05) is 26.0 Å². The zero-order valence-electron chi connectivity index (χ0n) is 25.5. The molecule has 8 nitrogen and oxygen atoms in total. The van der Waals surface area contributed by atoms with Gasteiger partial charge < -0.3 is 31.5 Å². The van der Waals surface area contributed by atoms with E-state index in [0.29, 0.717) is 0 Å². The molecule has 9 rings (SSSR count). The van der Waals surface area contributed by atoms with Crippen LogP contribution in [0.2, 0.25) is 0 Å². The summed E-state index contributed by atoms with van der Waals surface area (Å²) in [6.07, 6.45) is 14.3. The number of hydrogen-bond acceptors (Lipinski definition) is 8. The number of rotatable bonds is 2. The molecule has 8 heteroatoms. The van der Waals surface area contributed by atoms with E-state index in [0.717, 1.165) is 92.9 Å². The van der Waals surface area contributed by atoms with Gasteiger partial charge in [0.1, 0.15) is 11.3 Å². The summed E-state index contributed by atoms with van der Waals surface area (Å²) in [6.45, 7) is 4.65. The summed E-state index contributed by atoms with van der Waals surface area (Å²) in [5, 5.41) is 47.2. The maximum atomic E-state index is 14.1. The Labute approximate surface area is 258 Å². The maximum Gasteiger partial charge on any atom is 0.108 e. The highest BCUT2D eigenvalue weighted by atomic mass is 16.3. The first kappa shape index (κ1) is 26.8. The van der Waals surface area contributed by atoms with E-state index in [1.807, 2.05) is 36.9 Å². The third kappa shape index (κ3) is 3.83. The predicted molar refractivity (Wildman–Crippen MR) is 172 cm³/mol. The van der Waals surface area contributed by atoms with Crippen LogP contribution < -0.4 is 31.5 Å². The quantitative estimate of drug-likeness (QED) is 0.239. The fourth-order valence-electron chi connectivity index (χ4n) is 9.10. The Balaban J connectivity index is 1.04. The summed E-state index contributed by atoms with van der Waals surface area (Å²) < 4.78 is 0. The van der Waals surface area contributed by atoms with Crippen LogP contribution in [0.3, 0.4) is 0 Å². The van der Waals surface area contributed by atoms with Crippen molar-refractivity contribution in [2.75, 3.05) is 21.3 Å². The van der Waals surface area contributed by atoms with Gasteiger partial charge in [0, 0.05) is 45.3 Å².